The first-order valence-electron chi connectivity index (χ1n) is 6.67. The molecular weight excluding hydrogens is 331 g/mol. The van der Waals surface area contributed by atoms with E-state index in [-0.39, 0.29) is 18.0 Å². The second-order valence-electron chi connectivity index (χ2n) is 4.79. The highest BCUT2D eigenvalue weighted by molar-refractivity contribution is 7.16. The van der Waals surface area contributed by atoms with Gasteiger partial charge in [-0.3, -0.25) is 14.0 Å². The molecule has 0 aliphatic rings. The molecule has 0 atom stereocenters. The zero-order valence-corrected chi connectivity index (χ0v) is 12.8. The van der Waals surface area contributed by atoms with Gasteiger partial charge in [-0.1, -0.05) is 17.4 Å². The monoisotopic (exact) mass is 343 g/mol. The van der Waals surface area contributed by atoms with Crippen LogP contribution in [0.4, 0.5) is 13.2 Å². The maximum atomic E-state index is 12.5. The molecule has 0 bridgehead atoms. The number of hydrogen-bond donors (Lipinski definition) is 0. The smallest absolute Gasteiger partial charge is 0.435 e. The molecule has 0 aliphatic carbocycles. The molecule has 0 amide bonds. The van der Waals surface area contributed by atoms with Gasteiger partial charge in [0.25, 0.3) is 0 Å². The number of thiazole rings is 1. The minimum absolute atomic E-state index is 0.153. The number of rotatable bonds is 4. The van der Waals surface area contributed by atoms with E-state index in [4.69, 9.17) is 4.74 Å². The Bertz CT molecular complexity index is 895. The van der Waals surface area contributed by atoms with E-state index in [2.05, 4.69) is 5.10 Å². The summed E-state index contributed by atoms with van der Waals surface area (Å²) in [6.07, 6.45) is -3.22. The molecule has 3 aromatic rings. The predicted octanol–water partition coefficient (Wildman–Crippen LogP) is 2.99. The Balaban J connectivity index is 1.89. The van der Waals surface area contributed by atoms with Gasteiger partial charge < -0.3 is 4.74 Å². The largest absolute Gasteiger partial charge is 0.495 e. The van der Waals surface area contributed by atoms with Crippen molar-refractivity contribution in [3.8, 4) is 5.75 Å². The second kappa shape index (κ2) is 5.73. The van der Waals surface area contributed by atoms with E-state index in [9.17, 15) is 18.0 Å². The number of alkyl halides is 3. The second-order valence-corrected chi connectivity index (χ2v) is 5.78. The van der Waals surface area contributed by atoms with Crippen LogP contribution < -0.4 is 9.61 Å². The zero-order valence-electron chi connectivity index (χ0n) is 12.0. The molecule has 23 heavy (non-hydrogen) atoms. The van der Waals surface area contributed by atoms with E-state index < -0.39 is 11.9 Å². The first-order chi connectivity index (χ1) is 10.9. The number of halogens is 3. The number of aryl methyl sites for hydroxylation is 2. The Morgan fingerprint density at radius 2 is 2.04 bits per heavy atom. The summed E-state index contributed by atoms with van der Waals surface area (Å²) in [7, 11) is 1.50. The lowest BCUT2D eigenvalue weighted by molar-refractivity contribution is -0.141. The van der Waals surface area contributed by atoms with Crippen LogP contribution in [0.25, 0.3) is 10.2 Å². The molecule has 0 unspecified atom stereocenters. The number of benzene rings is 1. The zero-order chi connectivity index (χ0) is 16.6. The van der Waals surface area contributed by atoms with Gasteiger partial charge in [0.15, 0.2) is 5.69 Å². The number of hydrogen-bond acceptors (Lipinski definition) is 4. The maximum absolute atomic E-state index is 12.5. The molecule has 0 spiro atoms. The van der Waals surface area contributed by atoms with Crippen molar-refractivity contribution in [3.05, 3.63) is 45.8 Å². The van der Waals surface area contributed by atoms with Crippen molar-refractivity contribution in [2.75, 3.05) is 7.11 Å². The summed E-state index contributed by atoms with van der Waals surface area (Å²) in [6.45, 7) is 0.359. The first kappa shape index (κ1) is 15.6. The van der Waals surface area contributed by atoms with Crippen molar-refractivity contribution in [2.45, 2.75) is 19.3 Å². The van der Waals surface area contributed by atoms with Crippen LogP contribution >= 0.6 is 11.3 Å². The quantitative estimate of drug-likeness (QED) is 0.732. The lowest BCUT2D eigenvalue weighted by atomic mass is 10.3. The number of para-hydroxylation sites is 1. The molecule has 9 heteroatoms. The van der Waals surface area contributed by atoms with Gasteiger partial charge in [0, 0.05) is 12.7 Å². The Morgan fingerprint density at radius 1 is 1.26 bits per heavy atom. The molecule has 3 rings (SSSR count). The average molecular weight is 343 g/mol. The summed E-state index contributed by atoms with van der Waals surface area (Å²) >= 11 is 1.07. The van der Waals surface area contributed by atoms with E-state index in [1.807, 2.05) is 0 Å². The Morgan fingerprint density at radius 3 is 2.70 bits per heavy atom. The van der Waals surface area contributed by atoms with Gasteiger partial charge in [-0.15, -0.1) is 0 Å². The van der Waals surface area contributed by atoms with Crippen LogP contribution in [0.3, 0.4) is 0 Å². The lowest BCUT2D eigenvalue weighted by Gasteiger charge is -2.08. The Labute approximate surface area is 132 Å². The summed E-state index contributed by atoms with van der Waals surface area (Å²) in [6, 6.07) is 6.23. The first-order valence-corrected chi connectivity index (χ1v) is 7.49. The van der Waals surface area contributed by atoms with Crippen molar-refractivity contribution in [1.82, 2.24) is 14.3 Å². The van der Waals surface area contributed by atoms with Gasteiger partial charge in [-0.05, 0) is 18.2 Å². The topological polar surface area (TPSA) is 49.0 Å². The molecular formula is C14H12F3N3O2S. The van der Waals surface area contributed by atoms with Gasteiger partial charge in [0.2, 0.25) is 0 Å². The molecule has 5 nitrogen and oxygen atoms in total. The number of nitrogens with zero attached hydrogens (tertiary/aromatic N) is 3. The van der Waals surface area contributed by atoms with Crippen LogP contribution in [-0.2, 0) is 19.3 Å². The molecule has 0 radical (unpaired) electrons. The third-order valence-corrected chi connectivity index (χ3v) is 4.30. The number of ether oxygens (including phenoxy) is 1. The van der Waals surface area contributed by atoms with Crippen LogP contribution in [-0.4, -0.2) is 21.5 Å². The molecule has 122 valence electrons. The van der Waals surface area contributed by atoms with Crippen molar-refractivity contribution < 1.29 is 17.9 Å². The van der Waals surface area contributed by atoms with Crippen molar-refractivity contribution >= 4 is 21.6 Å². The highest BCUT2D eigenvalue weighted by atomic mass is 32.1. The lowest BCUT2D eigenvalue weighted by Crippen LogP contribution is -2.18. The molecule has 1 aromatic carbocycles. The third-order valence-electron chi connectivity index (χ3n) is 3.35. The SMILES string of the molecule is COc1cccc2sc(=O)n(CCn3ccc(C(F)(F)F)n3)c12. The minimum Gasteiger partial charge on any atom is -0.495 e. The van der Waals surface area contributed by atoms with Crippen molar-refractivity contribution in [2.24, 2.45) is 0 Å². The van der Waals surface area contributed by atoms with E-state index in [0.717, 1.165) is 22.1 Å². The molecule has 0 fully saturated rings. The molecule has 2 heterocycles. The third kappa shape index (κ3) is 2.96. The Kier molecular flexibility index (Phi) is 3.88. The molecule has 0 saturated heterocycles. The average Bonchev–Trinajstić information content (AvgIpc) is 3.08. The Hall–Kier alpha value is -2.29. The molecule has 2 aromatic heterocycles. The van der Waals surface area contributed by atoms with Gasteiger partial charge in [-0.2, -0.15) is 18.3 Å². The van der Waals surface area contributed by atoms with Gasteiger partial charge >= 0.3 is 11.0 Å². The number of methoxy groups -OCH3 is 1. The van der Waals surface area contributed by atoms with Crippen LogP contribution in [0.1, 0.15) is 5.69 Å². The van der Waals surface area contributed by atoms with Crippen LogP contribution in [0, 0.1) is 0 Å². The minimum atomic E-state index is -4.47. The van der Waals surface area contributed by atoms with E-state index in [1.165, 1.54) is 22.6 Å². The molecule has 0 N–H and O–H groups in total. The van der Waals surface area contributed by atoms with Crippen LogP contribution in [0.2, 0.25) is 0 Å². The summed E-state index contributed by atoms with van der Waals surface area (Å²) in [5, 5.41) is 3.48. The maximum Gasteiger partial charge on any atom is 0.435 e. The fourth-order valence-electron chi connectivity index (χ4n) is 2.30. The summed E-state index contributed by atoms with van der Waals surface area (Å²) < 4.78 is 46.3. The van der Waals surface area contributed by atoms with Crippen LogP contribution in [0.5, 0.6) is 5.75 Å². The van der Waals surface area contributed by atoms with Gasteiger partial charge in [-0.25, -0.2) is 0 Å². The normalized spacial score (nSPS) is 12.0. The fourth-order valence-corrected chi connectivity index (χ4v) is 3.23. The standard InChI is InChI=1S/C14H12F3N3O2S/c1-22-9-3-2-4-10-12(9)20(13(21)23-10)8-7-19-6-5-11(18-19)14(15,16)17/h2-6H,7-8H2,1H3. The summed E-state index contributed by atoms with van der Waals surface area (Å²) in [5.41, 5.74) is -0.300. The highest BCUT2D eigenvalue weighted by Crippen LogP contribution is 2.28. The number of aromatic nitrogens is 3. The number of fused-ring (bicyclic) bond motifs is 1. The predicted molar refractivity (Wildman–Crippen MR) is 79.9 cm³/mol. The van der Waals surface area contributed by atoms with Gasteiger partial charge in [0.05, 0.1) is 18.4 Å². The molecule has 0 aliphatic heterocycles. The van der Waals surface area contributed by atoms with Crippen LogP contribution in [0.15, 0.2) is 35.3 Å². The van der Waals surface area contributed by atoms with E-state index in [0.29, 0.717) is 11.3 Å². The molecule has 0 saturated carbocycles. The van der Waals surface area contributed by atoms with E-state index in [1.54, 1.807) is 18.2 Å². The summed E-state index contributed by atoms with van der Waals surface area (Å²) in [5.74, 6) is 0.553. The highest BCUT2D eigenvalue weighted by Gasteiger charge is 2.33. The summed E-state index contributed by atoms with van der Waals surface area (Å²) in [4.78, 5) is 11.9. The fraction of sp³-hybridized carbons (Fsp3) is 0.286. The van der Waals surface area contributed by atoms with Crippen molar-refractivity contribution in [3.63, 3.8) is 0 Å². The van der Waals surface area contributed by atoms with E-state index >= 15 is 0 Å². The van der Waals surface area contributed by atoms with Gasteiger partial charge in [0.1, 0.15) is 11.3 Å². The van der Waals surface area contributed by atoms with Crippen molar-refractivity contribution in [1.29, 1.82) is 0 Å².